The Kier molecular flexibility index (Phi) is 8.84. The Hall–Kier alpha value is -2.47. The number of anilines is 1. The quantitative estimate of drug-likeness (QED) is 0.190. The van der Waals surface area contributed by atoms with Gasteiger partial charge in [0.25, 0.3) is 0 Å². The van der Waals surface area contributed by atoms with Crippen LogP contribution in [0.3, 0.4) is 0 Å². The Morgan fingerprint density at radius 3 is 2.27 bits per heavy atom. The lowest BCUT2D eigenvalue weighted by atomic mass is 9.80. The second kappa shape index (κ2) is 11.6. The van der Waals surface area contributed by atoms with Crippen molar-refractivity contribution in [3.05, 3.63) is 66.2 Å². The fourth-order valence-electron chi connectivity index (χ4n) is 3.64. The van der Waals surface area contributed by atoms with Gasteiger partial charge in [-0.15, -0.1) is 0 Å². The maximum atomic E-state index is 12.9. The first-order valence-electron chi connectivity index (χ1n) is 10.8. The second-order valence-electron chi connectivity index (χ2n) is 7.97. The van der Waals surface area contributed by atoms with Gasteiger partial charge in [-0.2, -0.15) is 0 Å². The molecule has 0 aliphatic heterocycles. The number of hydrogen-bond donors (Lipinski definition) is 5. The molecule has 0 unspecified atom stereocenters. The molecule has 0 amide bonds. The topological polar surface area (TPSA) is 114 Å². The van der Waals surface area contributed by atoms with Crippen molar-refractivity contribution in [1.29, 1.82) is 0 Å². The number of hydrogen-bond acceptors (Lipinski definition) is 7. The number of benzene rings is 3. The Balaban J connectivity index is 1.45. The lowest BCUT2D eigenvalue weighted by molar-refractivity contribution is 0.425. The van der Waals surface area contributed by atoms with Crippen LogP contribution < -0.4 is 25.7 Å². The second-order valence-corrected chi connectivity index (χ2v) is 9.70. The van der Waals surface area contributed by atoms with Crippen LogP contribution >= 0.6 is 0 Å². The van der Waals surface area contributed by atoms with Crippen molar-refractivity contribution >= 4 is 39.1 Å². The van der Waals surface area contributed by atoms with Crippen LogP contribution in [0.25, 0.3) is 10.8 Å². The third kappa shape index (κ3) is 6.76. The first-order chi connectivity index (χ1) is 15.8. The molecule has 0 spiro atoms. The van der Waals surface area contributed by atoms with E-state index in [1.807, 2.05) is 49.3 Å². The maximum Gasteiger partial charge on any atom is 0.488 e. The van der Waals surface area contributed by atoms with E-state index in [1.165, 1.54) is 0 Å². The fraction of sp³-hybridized carbons (Fsp3) is 0.304. The average Bonchev–Trinajstić information content (AvgIpc) is 2.80. The molecule has 10 heteroatoms. The van der Waals surface area contributed by atoms with Crippen LogP contribution in [0, 0.1) is 0 Å². The van der Waals surface area contributed by atoms with Crippen molar-refractivity contribution < 1.29 is 18.5 Å². The molecule has 5 N–H and O–H groups in total. The molecule has 0 bridgehead atoms. The largest absolute Gasteiger partial charge is 0.488 e. The zero-order valence-electron chi connectivity index (χ0n) is 19.0. The standard InChI is InChI=1S/C23H31BN4O4S/c1-28(2)22-10-4-9-21-20(22)8-5-11-23(21)33(31,32)27-15-14-25-12-13-26-17-18-6-3-7-19(16-18)24(29)30/h3-11,16,25-27,29-30H,12-15,17H2,1-2H3. The zero-order chi connectivity index (χ0) is 23.8. The first kappa shape index (κ1) is 25.2. The molecule has 0 fully saturated rings. The summed E-state index contributed by atoms with van der Waals surface area (Å²) in [7, 11) is -1.24. The van der Waals surface area contributed by atoms with Crippen LogP contribution in [0.2, 0.25) is 0 Å². The molecule has 176 valence electrons. The molecule has 0 aliphatic carbocycles. The summed E-state index contributed by atoms with van der Waals surface area (Å²) in [4.78, 5) is 2.25. The van der Waals surface area contributed by atoms with E-state index in [1.54, 1.807) is 30.3 Å². The zero-order valence-corrected chi connectivity index (χ0v) is 19.8. The normalized spacial score (nSPS) is 11.6. The minimum Gasteiger partial charge on any atom is -0.423 e. The van der Waals surface area contributed by atoms with Crippen LogP contribution in [-0.2, 0) is 16.6 Å². The first-order valence-corrected chi connectivity index (χ1v) is 12.3. The summed E-state index contributed by atoms with van der Waals surface area (Å²) in [5.74, 6) is 0. The minimum absolute atomic E-state index is 0.278. The van der Waals surface area contributed by atoms with Crippen LogP contribution in [0.15, 0.2) is 65.6 Å². The molecule has 3 rings (SSSR count). The molecule has 0 saturated heterocycles. The van der Waals surface area contributed by atoms with Gasteiger partial charge in [-0.3, -0.25) is 0 Å². The van der Waals surface area contributed by atoms with E-state index in [4.69, 9.17) is 0 Å². The van der Waals surface area contributed by atoms with Gasteiger partial charge < -0.3 is 25.6 Å². The van der Waals surface area contributed by atoms with Crippen molar-refractivity contribution in [2.45, 2.75) is 11.4 Å². The summed E-state index contributed by atoms with van der Waals surface area (Å²) in [5.41, 5.74) is 2.39. The van der Waals surface area contributed by atoms with E-state index < -0.39 is 17.1 Å². The van der Waals surface area contributed by atoms with Crippen LogP contribution in [0.5, 0.6) is 0 Å². The summed E-state index contributed by atoms with van der Waals surface area (Å²) in [5, 5.41) is 26.5. The Bertz CT molecular complexity index is 1170. The van der Waals surface area contributed by atoms with Gasteiger partial charge in [0.05, 0.1) is 4.90 Å². The molecule has 0 aliphatic rings. The lowest BCUT2D eigenvalue weighted by Gasteiger charge is -2.17. The van der Waals surface area contributed by atoms with Crippen LogP contribution in [-0.4, -0.2) is 65.9 Å². The van der Waals surface area contributed by atoms with Gasteiger partial charge in [0.1, 0.15) is 0 Å². The SMILES string of the molecule is CN(C)c1cccc2c(S(=O)(=O)NCCNCCNCc3cccc(B(O)O)c3)cccc12. The highest BCUT2D eigenvalue weighted by atomic mass is 32.2. The van der Waals surface area contributed by atoms with Gasteiger partial charge in [-0.25, -0.2) is 13.1 Å². The average molecular weight is 470 g/mol. The summed E-state index contributed by atoms with van der Waals surface area (Å²) >= 11 is 0. The highest BCUT2D eigenvalue weighted by Crippen LogP contribution is 2.29. The summed E-state index contributed by atoms with van der Waals surface area (Å²) < 4.78 is 28.5. The molecule has 3 aromatic carbocycles. The van der Waals surface area contributed by atoms with Crippen molar-refractivity contribution in [2.24, 2.45) is 0 Å². The van der Waals surface area contributed by atoms with Gasteiger partial charge in [0.15, 0.2) is 0 Å². The van der Waals surface area contributed by atoms with Crippen molar-refractivity contribution in [1.82, 2.24) is 15.4 Å². The molecule has 3 aromatic rings. The van der Waals surface area contributed by atoms with E-state index >= 15 is 0 Å². The van der Waals surface area contributed by atoms with Gasteiger partial charge in [-0.05, 0) is 23.2 Å². The molecule has 33 heavy (non-hydrogen) atoms. The number of rotatable bonds is 12. The predicted octanol–water partition coefficient (Wildman–Crippen LogP) is 0.243. The molecular formula is C23H31BN4O4S. The third-order valence-corrected chi connectivity index (χ3v) is 6.80. The Morgan fingerprint density at radius 1 is 0.848 bits per heavy atom. The van der Waals surface area contributed by atoms with Crippen molar-refractivity contribution in [2.75, 3.05) is 45.2 Å². The number of fused-ring (bicyclic) bond motifs is 1. The highest BCUT2D eigenvalue weighted by molar-refractivity contribution is 7.89. The number of nitrogens with zero attached hydrogens (tertiary/aromatic N) is 1. The van der Waals surface area contributed by atoms with Crippen LogP contribution in [0.1, 0.15) is 5.56 Å². The van der Waals surface area contributed by atoms with E-state index in [0.717, 1.165) is 16.6 Å². The van der Waals surface area contributed by atoms with Crippen LogP contribution in [0.4, 0.5) is 5.69 Å². The Labute approximate surface area is 195 Å². The summed E-state index contributed by atoms with van der Waals surface area (Å²) in [6.07, 6.45) is 0. The third-order valence-electron chi connectivity index (χ3n) is 5.28. The van der Waals surface area contributed by atoms with E-state index in [-0.39, 0.29) is 11.4 Å². The number of sulfonamides is 1. The Morgan fingerprint density at radius 2 is 1.52 bits per heavy atom. The van der Waals surface area contributed by atoms with Gasteiger partial charge in [0, 0.05) is 63.3 Å². The number of nitrogens with one attached hydrogen (secondary N) is 3. The molecule has 0 aromatic heterocycles. The van der Waals surface area contributed by atoms with Gasteiger partial charge >= 0.3 is 7.12 Å². The molecule has 0 heterocycles. The monoisotopic (exact) mass is 470 g/mol. The smallest absolute Gasteiger partial charge is 0.423 e. The highest BCUT2D eigenvalue weighted by Gasteiger charge is 2.18. The van der Waals surface area contributed by atoms with E-state index in [9.17, 15) is 18.5 Å². The molecule has 0 atom stereocenters. The van der Waals surface area contributed by atoms with E-state index in [0.29, 0.717) is 37.0 Å². The maximum absolute atomic E-state index is 12.9. The summed E-state index contributed by atoms with van der Waals surface area (Å²) in [6.45, 7) is 2.74. The van der Waals surface area contributed by atoms with E-state index in [2.05, 4.69) is 15.4 Å². The molecule has 8 nitrogen and oxygen atoms in total. The van der Waals surface area contributed by atoms with Gasteiger partial charge in [0.2, 0.25) is 10.0 Å². The van der Waals surface area contributed by atoms with Gasteiger partial charge in [-0.1, -0.05) is 48.5 Å². The predicted molar refractivity (Wildman–Crippen MR) is 134 cm³/mol. The molecule has 0 saturated carbocycles. The van der Waals surface area contributed by atoms with Crippen molar-refractivity contribution in [3.8, 4) is 0 Å². The minimum atomic E-state index is -3.64. The lowest BCUT2D eigenvalue weighted by Crippen LogP contribution is -2.35. The van der Waals surface area contributed by atoms with Crippen molar-refractivity contribution in [3.63, 3.8) is 0 Å². The molecular weight excluding hydrogens is 439 g/mol. The molecule has 0 radical (unpaired) electrons. The fourth-order valence-corrected chi connectivity index (χ4v) is 4.89. The summed E-state index contributed by atoms with van der Waals surface area (Å²) in [6, 6.07) is 18.1.